The van der Waals surface area contributed by atoms with Crippen LogP contribution >= 0.6 is 11.6 Å². The normalized spacial score (nSPS) is 13.3. The molecule has 0 aliphatic heterocycles. The third-order valence-electron chi connectivity index (χ3n) is 3.00. The standard InChI is InChI=1S/C16H14ClFN2O/c1-10(20)16(11-4-2-5-12(17)8-11)21-15-7-3-6-14(18)13(15)9-19/h2-8,10,16H,20H2,1H3. The van der Waals surface area contributed by atoms with Crippen LogP contribution in [0.2, 0.25) is 5.02 Å². The molecule has 0 spiro atoms. The molecule has 0 bridgehead atoms. The Morgan fingerprint density at radius 3 is 2.62 bits per heavy atom. The Kier molecular flexibility index (Phi) is 4.79. The molecule has 2 N–H and O–H groups in total. The first-order valence-corrected chi connectivity index (χ1v) is 6.77. The smallest absolute Gasteiger partial charge is 0.144 e. The highest BCUT2D eigenvalue weighted by molar-refractivity contribution is 6.30. The number of nitrogens with zero attached hydrogens (tertiary/aromatic N) is 1. The van der Waals surface area contributed by atoms with E-state index in [2.05, 4.69) is 0 Å². The lowest BCUT2D eigenvalue weighted by molar-refractivity contribution is 0.179. The maximum Gasteiger partial charge on any atom is 0.144 e. The van der Waals surface area contributed by atoms with Crippen LogP contribution in [0.4, 0.5) is 4.39 Å². The Morgan fingerprint density at radius 1 is 1.29 bits per heavy atom. The monoisotopic (exact) mass is 304 g/mol. The number of hydrogen-bond donors (Lipinski definition) is 1. The Bertz CT molecular complexity index is 682. The van der Waals surface area contributed by atoms with Crippen LogP contribution in [0.25, 0.3) is 0 Å². The highest BCUT2D eigenvalue weighted by Crippen LogP contribution is 2.29. The topological polar surface area (TPSA) is 59.0 Å². The molecule has 3 nitrogen and oxygen atoms in total. The molecule has 2 aromatic rings. The second kappa shape index (κ2) is 6.57. The van der Waals surface area contributed by atoms with Gasteiger partial charge in [0.25, 0.3) is 0 Å². The lowest BCUT2D eigenvalue weighted by atomic mass is 10.0. The summed E-state index contributed by atoms with van der Waals surface area (Å²) in [5, 5.41) is 9.60. The van der Waals surface area contributed by atoms with Gasteiger partial charge in [0.05, 0.1) is 0 Å². The zero-order valence-corrected chi connectivity index (χ0v) is 12.1. The predicted molar refractivity (Wildman–Crippen MR) is 79.6 cm³/mol. The van der Waals surface area contributed by atoms with E-state index in [-0.39, 0.29) is 17.4 Å². The molecular weight excluding hydrogens is 291 g/mol. The van der Waals surface area contributed by atoms with Crippen molar-refractivity contribution < 1.29 is 9.13 Å². The zero-order chi connectivity index (χ0) is 15.4. The second-order valence-corrected chi connectivity index (χ2v) is 5.11. The molecule has 0 aliphatic carbocycles. The van der Waals surface area contributed by atoms with E-state index in [1.165, 1.54) is 12.1 Å². The first kappa shape index (κ1) is 15.3. The van der Waals surface area contributed by atoms with Crippen molar-refractivity contribution in [1.29, 1.82) is 5.26 Å². The van der Waals surface area contributed by atoms with E-state index >= 15 is 0 Å². The molecule has 0 amide bonds. The van der Waals surface area contributed by atoms with Gasteiger partial charge in [-0.25, -0.2) is 4.39 Å². The average molecular weight is 305 g/mol. The van der Waals surface area contributed by atoms with Gasteiger partial charge in [-0.3, -0.25) is 0 Å². The van der Waals surface area contributed by atoms with Crippen LogP contribution in [0.15, 0.2) is 42.5 Å². The van der Waals surface area contributed by atoms with E-state index in [0.29, 0.717) is 5.02 Å². The van der Waals surface area contributed by atoms with E-state index in [1.807, 2.05) is 6.07 Å². The summed E-state index contributed by atoms with van der Waals surface area (Å²) in [7, 11) is 0. The van der Waals surface area contributed by atoms with E-state index in [0.717, 1.165) is 5.56 Å². The van der Waals surface area contributed by atoms with Crippen molar-refractivity contribution in [2.75, 3.05) is 0 Å². The summed E-state index contributed by atoms with van der Waals surface area (Å²) >= 11 is 5.97. The molecule has 2 unspecified atom stereocenters. The number of rotatable bonds is 4. The van der Waals surface area contributed by atoms with E-state index in [9.17, 15) is 4.39 Å². The number of benzene rings is 2. The average Bonchev–Trinajstić information content (AvgIpc) is 2.44. The summed E-state index contributed by atoms with van der Waals surface area (Å²) in [5.74, 6) is -0.454. The van der Waals surface area contributed by atoms with Gasteiger partial charge in [-0.05, 0) is 36.8 Å². The zero-order valence-electron chi connectivity index (χ0n) is 11.4. The molecule has 0 saturated carbocycles. The molecular formula is C16H14ClFN2O. The number of halogens is 2. The Labute approximate surface area is 127 Å². The van der Waals surface area contributed by atoms with Gasteiger partial charge in [-0.15, -0.1) is 0 Å². The fourth-order valence-corrected chi connectivity index (χ4v) is 2.21. The predicted octanol–water partition coefficient (Wildman–Crippen LogP) is 3.82. The Hall–Kier alpha value is -2.09. The summed E-state index contributed by atoms with van der Waals surface area (Å²) < 4.78 is 19.4. The van der Waals surface area contributed by atoms with Crippen LogP contribution in [-0.2, 0) is 0 Å². The van der Waals surface area contributed by atoms with Crippen molar-refractivity contribution in [3.05, 3.63) is 64.4 Å². The minimum absolute atomic E-state index is 0.134. The summed E-state index contributed by atoms with van der Waals surface area (Å²) in [6.45, 7) is 1.77. The molecule has 0 saturated heterocycles. The maximum absolute atomic E-state index is 13.6. The van der Waals surface area contributed by atoms with Gasteiger partial charge in [0.2, 0.25) is 0 Å². The molecule has 5 heteroatoms. The number of ether oxygens (including phenoxy) is 1. The summed E-state index contributed by atoms with van der Waals surface area (Å²) in [5.41, 5.74) is 6.59. The molecule has 0 aliphatic rings. The number of nitriles is 1. The SMILES string of the molecule is CC(N)C(Oc1cccc(F)c1C#N)c1cccc(Cl)c1. The van der Waals surface area contributed by atoms with Crippen molar-refractivity contribution in [2.45, 2.75) is 19.1 Å². The lowest BCUT2D eigenvalue weighted by Gasteiger charge is -2.23. The van der Waals surface area contributed by atoms with Gasteiger partial charge < -0.3 is 10.5 Å². The van der Waals surface area contributed by atoms with Crippen molar-refractivity contribution in [1.82, 2.24) is 0 Å². The number of nitrogens with two attached hydrogens (primary N) is 1. The molecule has 2 rings (SSSR count). The van der Waals surface area contributed by atoms with Crippen LogP contribution in [0.3, 0.4) is 0 Å². The first-order chi connectivity index (χ1) is 10.0. The van der Waals surface area contributed by atoms with Gasteiger partial charge in [-0.1, -0.05) is 29.8 Å². The largest absolute Gasteiger partial charge is 0.483 e. The second-order valence-electron chi connectivity index (χ2n) is 4.68. The van der Waals surface area contributed by atoms with Crippen LogP contribution in [0.1, 0.15) is 24.2 Å². The van der Waals surface area contributed by atoms with Crippen LogP contribution < -0.4 is 10.5 Å². The summed E-state index contributed by atoms with van der Waals surface area (Å²) in [6.07, 6.45) is -0.530. The van der Waals surface area contributed by atoms with Gasteiger partial charge >= 0.3 is 0 Å². The molecule has 0 fully saturated rings. The van der Waals surface area contributed by atoms with Crippen molar-refractivity contribution >= 4 is 11.6 Å². The van der Waals surface area contributed by atoms with E-state index in [1.54, 1.807) is 37.3 Å². The van der Waals surface area contributed by atoms with Gasteiger partial charge in [-0.2, -0.15) is 5.26 Å². The van der Waals surface area contributed by atoms with Crippen LogP contribution in [-0.4, -0.2) is 6.04 Å². The van der Waals surface area contributed by atoms with E-state index in [4.69, 9.17) is 27.3 Å². The van der Waals surface area contributed by atoms with Gasteiger partial charge in [0.15, 0.2) is 0 Å². The molecule has 0 aromatic heterocycles. The quantitative estimate of drug-likeness (QED) is 0.934. The lowest BCUT2D eigenvalue weighted by Crippen LogP contribution is -2.29. The molecule has 108 valence electrons. The van der Waals surface area contributed by atoms with Crippen molar-refractivity contribution in [3.63, 3.8) is 0 Å². The maximum atomic E-state index is 13.6. The third kappa shape index (κ3) is 3.52. The Balaban J connectivity index is 2.39. The summed E-state index contributed by atoms with van der Waals surface area (Å²) in [6, 6.07) is 12.8. The number of hydrogen-bond acceptors (Lipinski definition) is 3. The molecule has 2 atom stereocenters. The van der Waals surface area contributed by atoms with Crippen LogP contribution in [0, 0.1) is 17.1 Å². The van der Waals surface area contributed by atoms with Crippen molar-refractivity contribution in [3.8, 4) is 11.8 Å². The molecule has 0 heterocycles. The molecule has 21 heavy (non-hydrogen) atoms. The fraction of sp³-hybridized carbons (Fsp3) is 0.188. The van der Waals surface area contributed by atoms with Gasteiger partial charge in [0, 0.05) is 11.1 Å². The van der Waals surface area contributed by atoms with Crippen molar-refractivity contribution in [2.24, 2.45) is 5.73 Å². The van der Waals surface area contributed by atoms with Crippen LogP contribution in [0.5, 0.6) is 5.75 Å². The minimum atomic E-state index is -0.621. The third-order valence-corrected chi connectivity index (χ3v) is 3.23. The minimum Gasteiger partial charge on any atom is -0.483 e. The highest BCUT2D eigenvalue weighted by Gasteiger charge is 2.21. The Morgan fingerprint density at radius 2 is 2.00 bits per heavy atom. The molecule has 0 radical (unpaired) electrons. The van der Waals surface area contributed by atoms with Gasteiger partial charge in [0.1, 0.15) is 29.3 Å². The van der Waals surface area contributed by atoms with E-state index < -0.39 is 11.9 Å². The molecule has 2 aromatic carbocycles. The first-order valence-electron chi connectivity index (χ1n) is 6.39. The highest BCUT2D eigenvalue weighted by atomic mass is 35.5. The summed E-state index contributed by atoms with van der Waals surface area (Å²) in [4.78, 5) is 0. The fourth-order valence-electron chi connectivity index (χ4n) is 2.01.